The van der Waals surface area contributed by atoms with Crippen LogP contribution in [0.3, 0.4) is 0 Å². The van der Waals surface area contributed by atoms with Crippen molar-refractivity contribution in [1.82, 2.24) is 10.6 Å². The molecule has 1 fully saturated rings. The molecule has 1 saturated carbocycles. The fourth-order valence-corrected chi connectivity index (χ4v) is 2.74. The molecule has 1 aliphatic carbocycles. The predicted molar refractivity (Wildman–Crippen MR) is 93.1 cm³/mol. The van der Waals surface area contributed by atoms with Gasteiger partial charge in [0.05, 0.1) is 13.1 Å². The Morgan fingerprint density at radius 1 is 1.22 bits per heavy atom. The van der Waals surface area contributed by atoms with Crippen LogP contribution in [-0.4, -0.2) is 38.0 Å². The van der Waals surface area contributed by atoms with Gasteiger partial charge in [-0.15, -0.1) is 0 Å². The number of hydrogen-bond donors (Lipinski definition) is 3. The first kappa shape index (κ1) is 17.9. The van der Waals surface area contributed by atoms with Crippen molar-refractivity contribution < 1.29 is 14.5 Å². The molecule has 0 aromatic heterocycles. The van der Waals surface area contributed by atoms with Gasteiger partial charge in [-0.05, 0) is 37.0 Å². The molecule has 23 heavy (non-hydrogen) atoms. The number of halogens is 1. The summed E-state index contributed by atoms with van der Waals surface area (Å²) in [6, 6.07) is 8.35. The first-order valence-electron chi connectivity index (χ1n) is 8.13. The van der Waals surface area contributed by atoms with E-state index in [1.807, 2.05) is 38.2 Å². The Balaban J connectivity index is 1.79. The molecule has 0 spiro atoms. The lowest BCUT2D eigenvalue weighted by atomic mass is 10.0. The van der Waals surface area contributed by atoms with Crippen molar-refractivity contribution in [1.29, 1.82) is 0 Å². The van der Waals surface area contributed by atoms with Crippen molar-refractivity contribution in [2.45, 2.75) is 38.3 Å². The number of quaternary nitrogens is 1. The Morgan fingerprint density at radius 3 is 2.39 bits per heavy atom. The van der Waals surface area contributed by atoms with E-state index in [9.17, 15) is 9.59 Å². The summed E-state index contributed by atoms with van der Waals surface area (Å²) in [6.45, 7) is 2.68. The molecule has 126 valence electrons. The Morgan fingerprint density at radius 2 is 1.83 bits per heavy atom. The SMILES string of the molecule is CC[C@H](NC(=O)C[NH+](C)CC(=O)NC1CC1)c1ccc(Br)cc1. The van der Waals surface area contributed by atoms with Crippen molar-refractivity contribution in [3.8, 4) is 0 Å². The van der Waals surface area contributed by atoms with E-state index in [1.54, 1.807) is 0 Å². The van der Waals surface area contributed by atoms with Crippen LogP contribution >= 0.6 is 15.9 Å². The van der Waals surface area contributed by atoms with Crippen LogP contribution in [-0.2, 0) is 9.59 Å². The fourth-order valence-electron chi connectivity index (χ4n) is 2.48. The summed E-state index contributed by atoms with van der Waals surface area (Å²) in [7, 11) is 1.87. The maximum absolute atomic E-state index is 12.2. The molecular weight excluding hydrogens is 358 g/mol. The number of likely N-dealkylation sites (N-methyl/N-ethyl adjacent to an activating group) is 1. The highest BCUT2D eigenvalue weighted by Crippen LogP contribution is 2.19. The molecule has 0 aliphatic heterocycles. The normalized spacial score (nSPS) is 16.5. The topological polar surface area (TPSA) is 62.6 Å². The molecule has 1 aromatic rings. The Hall–Kier alpha value is -1.40. The van der Waals surface area contributed by atoms with Crippen LogP contribution in [0.1, 0.15) is 37.8 Å². The van der Waals surface area contributed by atoms with E-state index >= 15 is 0 Å². The first-order chi connectivity index (χ1) is 11.0. The third kappa shape index (κ3) is 6.31. The number of benzene rings is 1. The highest BCUT2D eigenvalue weighted by molar-refractivity contribution is 9.10. The average Bonchev–Trinajstić information content (AvgIpc) is 3.29. The second-order valence-electron chi connectivity index (χ2n) is 6.23. The van der Waals surface area contributed by atoms with E-state index in [1.165, 1.54) is 0 Å². The molecule has 0 heterocycles. The van der Waals surface area contributed by atoms with Gasteiger partial charge < -0.3 is 15.5 Å². The number of amides is 2. The zero-order chi connectivity index (χ0) is 16.8. The molecular formula is C17H25BrN3O2+. The quantitative estimate of drug-likeness (QED) is 0.622. The molecule has 2 amide bonds. The lowest BCUT2D eigenvalue weighted by Gasteiger charge is -2.19. The highest BCUT2D eigenvalue weighted by atomic mass is 79.9. The van der Waals surface area contributed by atoms with Crippen LogP contribution in [0.2, 0.25) is 0 Å². The molecule has 5 nitrogen and oxygen atoms in total. The smallest absolute Gasteiger partial charge is 0.275 e. The van der Waals surface area contributed by atoms with Gasteiger partial charge in [-0.1, -0.05) is 35.0 Å². The minimum atomic E-state index is -0.0310. The largest absolute Gasteiger partial charge is 0.348 e. The lowest BCUT2D eigenvalue weighted by Crippen LogP contribution is -3.11. The number of carbonyl (C=O) groups excluding carboxylic acids is 2. The fraction of sp³-hybridized carbons (Fsp3) is 0.529. The monoisotopic (exact) mass is 382 g/mol. The van der Waals surface area contributed by atoms with Crippen LogP contribution in [0.25, 0.3) is 0 Å². The standard InChI is InChI=1S/C17H24BrN3O2/c1-3-15(12-4-6-13(18)7-5-12)20-17(23)11-21(2)10-16(22)19-14-8-9-14/h4-7,14-15H,3,8-11H2,1-2H3,(H,19,22)(H,20,23)/p+1/t15-/m0/s1. The maximum Gasteiger partial charge on any atom is 0.275 e. The number of hydrogen-bond acceptors (Lipinski definition) is 2. The predicted octanol–water partition coefficient (Wildman–Crippen LogP) is 0.810. The van der Waals surface area contributed by atoms with E-state index in [0.717, 1.165) is 34.2 Å². The molecule has 2 rings (SSSR count). The van der Waals surface area contributed by atoms with Crippen molar-refractivity contribution in [2.75, 3.05) is 20.1 Å². The number of nitrogens with one attached hydrogen (secondary N) is 3. The second-order valence-corrected chi connectivity index (χ2v) is 7.15. The minimum Gasteiger partial charge on any atom is -0.348 e. The third-order valence-electron chi connectivity index (χ3n) is 3.88. The van der Waals surface area contributed by atoms with Gasteiger partial charge in [-0.25, -0.2) is 0 Å². The van der Waals surface area contributed by atoms with E-state index in [4.69, 9.17) is 0 Å². The lowest BCUT2D eigenvalue weighted by molar-refractivity contribution is -0.862. The zero-order valence-corrected chi connectivity index (χ0v) is 15.3. The molecule has 6 heteroatoms. The molecule has 1 aromatic carbocycles. The molecule has 3 N–H and O–H groups in total. The van der Waals surface area contributed by atoms with Gasteiger partial charge in [-0.3, -0.25) is 9.59 Å². The molecule has 0 bridgehead atoms. The first-order valence-corrected chi connectivity index (χ1v) is 8.92. The van der Waals surface area contributed by atoms with Crippen LogP contribution in [0.4, 0.5) is 0 Å². The molecule has 1 unspecified atom stereocenters. The highest BCUT2D eigenvalue weighted by Gasteiger charge is 2.25. The van der Waals surface area contributed by atoms with E-state index in [-0.39, 0.29) is 17.9 Å². The zero-order valence-electron chi connectivity index (χ0n) is 13.7. The molecule has 1 aliphatic rings. The van der Waals surface area contributed by atoms with Gasteiger partial charge in [0, 0.05) is 10.5 Å². The molecule has 2 atom stereocenters. The summed E-state index contributed by atoms with van der Waals surface area (Å²) in [5.74, 6) is -0.00533. The van der Waals surface area contributed by atoms with Crippen molar-refractivity contribution >= 4 is 27.7 Å². The second kappa shape index (κ2) is 8.45. The van der Waals surface area contributed by atoms with Crippen LogP contribution < -0.4 is 15.5 Å². The Labute approximate surface area is 145 Å². The Bertz CT molecular complexity index is 543. The minimum absolute atomic E-state index is 0.00342. The molecule has 0 radical (unpaired) electrons. The summed E-state index contributed by atoms with van der Waals surface area (Å²) >= 11 is 3.42. The van der Waals surface area contributed by atoms with E-state index in [2.05, 4.69) is 26.6 Å². The summed E-state index contributed by atoms with van der Waals surface area (Å²) < 4.78 is 1.02. The van der Waals surface area contributed by atoms with Crippen molar-refractivity contribution in [3.63, 3.8) is 0 Å². The van der Waals surface area contributed by atoms with Gasteiger partial charge in [0.2, 0.25) is 0 Å². The molecule has 0 saturated heterocycles. The number of rotatable bonds is 8. The van der Waals surface area contributed by atoms with Crippen LogP contribution in [0, 0.1) is 0 Å². The third-order valence-corrected chi connectivity index (χ3v) is 4.41. The Kier molecular flexibility index (Phi) is 6.59. The van der Waals surface area contributed by atoms with Gasteiger partial charge in [-0.2, -0.15) is 0 Å². The van der Waals surface area contributed by atoms with E-state index < -0.39 is 0 Å². The van der Waals surface area contributed by atoms with Gasteiger partial charge in [0.1, 0.15) is 0 Å². The van der Waals surface area contributed by atoms with Gasteiger partial charge >= 0.3 is 0 Å². The van der Waals surface area contributed by atoms with Gasteiger partial charge in [0.25, 0.3) is 11.8 Å². The summed E-state index contributed by atoms with van der Waals surface area (Å²) in [4.78, 5) is 24.8. The van der Waals surface area contributed by atoms with E-state index in [0.29, 0.717) is 19.1 Å². The van der Waals surface area contributed by atoms with Crippen molar-refractivity contribution in [3.05, 3.63) is 34.3 Å². The summed E-state index contributed by atoms with van der Waals surface area (Å²) in [6.07, 6.45) is 2.99. The maximum atomic E-state index is 12.2. The number of carbonyl (C=O) groups is 2. The van der Waals surface area contributed by atoms with Crippen LogP contribution in [0.15, 0.2) is 28.7 Å². The average molecular weight is 383 g/mol. The van der Waals surface area contributed by atoms with Crippen molar-refractivity contribution in [2.24, 2.45) is 0 Å². The summed E-state index contributed by atoms with van der Waals surface area (Å²) in [5, 5.41) is 6.00. The van der Waals surface area contributed by atoms with Gasteiger partial charge in [0.15, 0.2) is 13.1 Å². The van der Waals surface area contributed by atoms with Crippen LogP contribution in [0.5, 0.6) is 0 Å². The summed E-state index contributed by atoms with van der Waals surface area (Å²) in [5.41, 5.74) is 1.09.